The standard InChI is InChI=1S/C30H21F2N3O3/c1-19(36)38-30-27(20-13-15-25(16-14-20)33-29(37)22-8-6-10-24(32)18-22)28(21-7-5-9-23(31)17-21)34-35(30)26-11-3-2-4-12-26/h2-18H,1H3,(H,33,37). The van der Waals surface area contributed by atoms with Gasteiger partial charge in [-0.15, -0.1) is 0 Å². The van der Waals surface area contributed by atoms with Gasteiger partial charge in [0, 0.05) is 23.7 Å². The summed E-state index contributed by atoms with van der Waals surface area (Å²) >= 11 is 0. The van der Waals surface area contributed by atoms with Crippen LogP contribution in [0.1, 0.15) is 17.3 Å². The van der Waals surface area contributed by atoms with E-state index in [4.69, 9.17) is 9.84 Å². The van der Waals surface area contributed by atoms with Gasteiger partial charge >= 0.3 is 5.97 Å². The Kier molecular flexibility index (Phi) is 6.78. The summed E-state index contributed by atoms with van der Waals surface area (Å²) in [4.78, 5) is 24.7. The molecule has 1 amide bonds. The summed E-state index contributed by atoms with van der Waals surface area (Å²) in [5.41, 5.74) is 3.28. The Morgan fingerprint density at radius 1 is 0.789 bits per heavy atom. The summed E-state index contributed by atoms with van der Waals surface area (Å²) in [5.74, 6) is -1.79. The quantitative estimate of drug-likeness (QED) is 0.260. The molecule has 1 N–H and O–H groups in total. The fourth-order valence-corrected chi connectivity index (χ4v) is 4.03. The second-order valence-electron chi connectivity index (χ2n) is 8.42. The number of nitrogens with one attached hydrogen (secondary N) is 1. The summed E-state index contributed by atoms with van der Waals surface area (Å²) in [5, 5.41) is 7.44. The highest BCUT2D eigenvalue weighted by atomic mass is 19.1. The van der Waals surface area contributed by atoms with Crippen molar-refractivity contribution in [2.75, 3.05) is 5.32 Å². The topological polar surface area (TPSA) is 73.2 Å². The van der Waals surface area contributed by atoms with Gasteiger partial charge in [0.2, 0.25) is 5.88 Å². The third-order valence-electron chi connectivity index (χ3n) is 5.70. The summed E-state index contributed by atoms with van der Waals surface area (Å²) in [6, 6.07) is 27.3. The zero-order valence-electron chi connectivity index (χ0n) is 20.2. The Morgan fingerprint density at radius 2 is 1.47 bits per heavy atom. The number of carbonyl (C=O) groups excluding carboxylic acids is 2. The molecule has 6 nitrogen and oxygen atoms in total. The minimum atomic E-state index is -0.548. The molecule has 1 heterocycles. The SMILES string of the molecule is CC(=O)Oc1c(-c2ccc(NC(=O)c3cccc(F)c3)cc2)c(-c2cccc(F)c2)nn1-c1ccccc1. The van der Waals surface area contributed by atoms with Gasteiger partial charge in [0.15, 0.2) is 0 Å². The number of aromatic nitrogens is 2. The average Bonchev–Trinajstić information content (AvgIpc) is 3.28. The summed E-state index contributed by atoms with van der Waals surface area (Å²) in [6.07, 6.45) is 0. The van der Waals surface area contributed by atoms with Crippen molar-refractivity contribution in [3.8, 4) is 34.0 Å². The van der Waals surface area contributed by atoms with E-state index >= 15 is 0 Å². The van der Waals surface area contributed by atoms with E-state index in [1.165, 1.54) is 41.9 Å². The number of esters is 1. The number of para-hydroxylation sites is 1. The molecule has 0 aliphatic heterocycles. The van der Waals surface area contributed by atoms with Gasteiger partial charge in [-0.1, -0.05) is 48.5 Å². The van der Waals surface area contributed by atoms with Gasteiger partial charge in [0.05, 0.1) is 11.3 Å². The van der Waals surface area contributed by atoms with Crippen molar-refractivity contribution in [3.63, 3.8) is 0 Å². The zero-order chi connectivity index (χ0) is 26.6. The Balaban J connectivity index is 1.60. The monoisotopic (exact) mass is 509 g/mol. The van der Waals surface area contributed by atoms with Crippen molar-refractivity contribution >= 4 is 17.6 Å². The first-order valence-corrected chi connectivity index (χ1v) is 11.7. The number of nitrogens with zero attached hydrogens (tertiary/aromatic N) is 2. The third-order valence-corrected chi connectivity index (χ3v) is 5.70. The van der Waals surface area contributed by atoms with Crippen LogP contribution in [0.5, 0.6) is 5.88 Å². The first kappa shape index (κ1) is 24.6. The molecule has 8 heteroatoms. The van der Waals surface area contributed by atoms with Crippen LogP contribution in [-0.4, -0.2) is 21.7 Å². The maximum Gasteiger partial charge on any atom is 0.309 e. The molecule has 0 aliphatic rings. The molecule has 0 saturated carbocycles. The number of carbonyl (C=O) groups is 2. The van der Waals surface area contributed by atoms with Crippen LogP contribution >= 0.6 is 0 Å². The van der Waals surface area contributed by atoms with E-state index in [1.807, 2.05) is 30.3 Å². The molecule has 0 saturated heterocycles. The second kappa shape index (κ2) is 10.5. The number of rotatable bonds is 6. The second-order valence-corrected chi connectivity index (χ2v) is 8.42. The average molecular weight is 510 g/mol. The Labute approximate surface area is 217 Å². The van der Waals surface area contributed by atoms with Crippen LogP contribution in [0.25, 0.3) is 28.1 Å². The van der Waals surface area contributed by atoms with Crippen LogP contribution < -0.4 is 10.1 Å². The maximum absolute atomic E-state index is 14.2. The van der Waals surface area contributed by atoms with Crippen LogP contribution in [0.2, 0.25) is 0 Å². The lowest BCUT2D eigenvalue weighted by Gasteiger charge is -2.10. The molecule has 0 radical (unpaired) electrons. The number of halogens is 2. The third kappa shape index (κ3) is 5.19. The van der Waals surface area contributed by atoms with Crippen LogP contribution in [-0.2, 0) is 4.79 Å². The molecule has 5 rings (SSSR count). The Hall–Kier alpha value is -5.11. The molecule has 0 aliphatic carbocycles. The highest BCUT2D eigenvalue weighted by Gasteiger charge is 2.25. The normalized spacial score (nSPS) is 10.7. The van der Waals surface area contributed by atoms with Gasteiger partial charge in [0.1, 0.15) is 17.3 Å². The van der Waals surface area contributed by atoms with Gasteiger partial charge in [0.25, 0.3) is 5.91 Å². The molecule has 1 aromatic heterocycles. The molecular formula is C30H21F2N3O3. The van der Waals surface area contributed by atoms with Crippen molar-refractivity contribution < 1.29 is 23.1 Å². The fourth-order valence-electron chi connectivity index (χ4n) is 4.03. The van der Waals surface area contributed by atoms with E-state index < -0.39 is 23.5 Å². The smallest absolute Gasteiger partial charge is 0.309 e. The van der Waals surface area contributed by atoms with E-state index in [0.29, 0.717) is 33.8 Å². The largest absolute Gasteiger partial charge is 0.407 e. The zero-order valence-corrected chi connectivity index (χ0v) is 20.2. The molecule has 0 atom stereocenters. The molecule has 38 heavy (non-hydrogen) atoms. The van der Waals surface area contributed by atoms with Crippen molar-refractivity contribution in [2.45, 2.75) is 6.92 Å². The van der Waals surface area contributed by atoms with Gasteiger partial charge in [-0.05, 0) is 60.2 Å². The number of benzene rings is 4. The van der Waals surface area contributed by atoms with Gasteiger partial charge in [-0.2, -0.15) is 9.78 Å². The lowest BCUT2D eigenvalue weighted by Crippen LogP contribution is -2.11. The minimum Gasteiger partial charge on any atom is -0.407 e. The predicted octanol–water partition coefficient (Wildman–Crippen LogP) is 6.66. The Morgan fingerprint density at radius 3 is 2.13 bits per heavy atom. The van der Waals surface area contributed by atoms with Gasteiger partial charge in [-0.3, -0.25) is 9.59 Å². The fraction of sp³-hybridized carbons (Fsp3) is 0.0333. The molecule has 0 fully saturated rings. The number of hydrogen-bond donors (Lipinski definition) is 1. The van der Waals surface area contributed by atoms with E-state index in [1.54, 1.807) is 36.4 Å². The molecular weight excluding hydrogens is 488 g/mol. The summed E-state index contributed by atoms with van der Waals surface area (Å²) in [6.45, 7) is 1.29. The number of hydrogen-bond acceptors (Lipinski definition) is 4. The van der Waals surface area contributed by atoms with Gasteiger partial charge in [-0.25, -0.2) is 8.78 Å². The van der Waals surface area contributed by atoms with Crippen molar-refractivity contribution in [1.82, 2.24) is 9.78 Å². The van der Waals surface area contributed by atoms with E-state index in [9.17, 15) is 18.4 Å². The van der Waals surface area contributed by atoms with Gasteiger partial charge < -0.3 is 10.1 Å². The van der Waals surface area contributed by atoms with Crippen LogP contribution in [0.4, 0.5) is 14.5 Å². The lowest BCUT2D eigenvalue weighted by molar-refractivity contribution is -0.132. The van der Waals surface area contributed by atoms with Crippen LogP contribution in [0.3, 0.4) is 0 Å². The predicted molar refractivity (Wildman–Crippen MR) is 140 cm³/mol. The minimum absolute atomic E-state index is 0.166. The highest BCUT2D eigenvalue weighted by Crippen LogP contribution is 2.41. The summed E-state index contributed by atoms with van der Waals surface area (Å²) in [7, 11) is 0. The van der Waals surface area contributed by atoms with Crippen LogP contribution in [0, 0.1) is 11.6 Å². The number of ether oxygens (including phenoxy) is 1. The molecule has 0 spiro atoms. The van der Waals surface area contributed by atoms with Crippen molar-refractivity contribution in [3.05, 3.63) is 120 Å². The van der Waals surface area contributed by atoms with Crippen molar-refractivity contribution in [1.29, 1.82) is 0 Å². The summed E-state index contributed by atoms with van der Waals surface area (Å²) < 4.78 is 34.8. The number of amides is 1. The van der Waals surface area contributed by atoms with E-state index in [0.717, 1.165) is 6.07 Å². The van der Waals surface area contributed by atoms with Crippen LogP contribution in [0.15, 0.2) is 103 Å². The lowest BCUT2D eigenvalue weighted by atomic mass is 10.0. The molecule has 4 aromatic carbocycles. The molecule has 5 aromatic rings. The first-order chi connectivity index (χ1) is 18.4. The van der Waals surface area contributed by atoms with Crippen molar-refractivity contribution in [2.24, 2.45) is 0 Å². The number of anilines is 1. The van der Waals surface area contributed by atoms with E-state index in [2.05, 4.69) is 5.32 Å². The van der Waals surface area contributed by atoms with E-state index in [-0.39, 0.29) is 11.4 Å². The molecule has 188 valence electrons. The molecule has 0 unspecified atom stereocenters. The highest BCUT2D eigenvalue weighted by molar-refractivity contribution is 6.04. The maximum atomic E-state index is 14.2. The Bertz CT molecular complexity index is 1630. The first-order valence-electron chi connectivity index (χ1n) is 11.7. The molecule has 0 bridgehead atoms.